The summed E-state index contributed by atoms with van der Waals surface area (Å²) >= 11 is 5.90. The van der Waals surface area contributed by atoms with Crippen molar-refractivity contribution in [2.45, 2.75) is 61.5 Å². The number of halogens is 1. The Kier molecular flexibility index (Phi) is 9.55. The highest BCUT2D eigenvalue weighted by atomic mass is 35.5. The summed E-state index contributed by atoms with van der Waals surface area (Å²) in [5.74, 6) is 1.44. The first-order chi connectivity index (χ1) is 26.6. The number of amides is 3. The third-order valence-corrected chi connectivity index (χ3v) is 14.2. The van der Waals surface area contributed by atoms with Crippen molar-refractivity contribution >= 4 is 67.6 Å². The zero-order valence-electron chi connectivity index (χ0n) is 30.8. The van der Waals surface area contributed by atoms with Crippen molar-refractivity contribution in [3.05, 3.63) is 59.9 Å². The van der Waals surface area contributed by atoms with Crippen molar-refractivity contribution in [1.82, 2.24) is 34.3 Å². The third-order valence-electron chi connectivity index (χ3n) is 12.1. The molecule has 6 aliphatic rings. The molecule has 55 heavy (non-hydrogen) atoms. The topological polar surface area (TPSA) is 152 Å². The molecule has 2 N–H and O–H groups in total. The number of nitrogens with one attached hydrogen (secondary N) is 2. The first kappa shape index (κ1) is 36.1. The monoisotopic (exact) mass is 787 g/mol. The Balaban J connectivity index is 0.768. The molecule has 15 nitrogen and oxygen atoms in total. The number of piperazine rings is 1. The zero-order valence-corrected chi connectivity index (χ0v) is 32.4. The van der Waals surface area contributed by atoms with E-state index >= 15 is 0 Å². The molecule has 2 unspecified atom stereocenters. The summed E-state index contributed by atoms with van der Waals surface area (Å²) in [5, 5.41) is 11.7. The SMILES string of the molecule is Cn1nc(N2CCC(=O)NC2=O)c2ccc(N3CC4CC(C3)N4CC3CCN(c4cccc(S(=O)(=O)N5CCC(Nc6ncc(Cl)cn6)CC5)c4)CC3)cc21. The number of fused-ring (bicyclic) bond motifs is 3. The highest BCUT2D eigenvalue weighted by Crippen LogP contribution is 2.38. The van der Waals surface area contributed by atoms with Gasteiger partial charge in [-0.05, 0) is 74.4 Å². The summed E-state index contributed by atoms with van der Waals surface area (Å²) in [6.45, 7) is 6.08. The molecule has 3 amide bonds. The van der Waals surface area contributed by atoms with Gasteiger partial charge in [-0.2, -0.15) is 9.40 Å². The van der Waals surface area contributed by atoms with Crippen molar-refractivity contribution in [3.8, 4) is 0 Å². The van der Waals surface area contributed by atoms with Crippen LogP contribution in [0, 0.1) is 5.92 Å². The van der Waals surface area contributed by atoms with Gasteiger partial charge in [-0.25, -0.2) is 23.2 Å². The number of piperidine rings is 3. The Morgan fingerprint density at radius 1 is 0.891 bits per heavy atom. The second-order valence-electron chi connectivity index (χ2n) is 15.5. The van der Waals surface area contributed by atoms with Gasteiger partial charge in [-0.1, -0.05) is 17.7 Å². The number of hydrogen-bond donors (Lipinski definition) is 2. The van der Waals surface area contributed by atoms with Crippen LogP contribution in [0.4, 0.5) is 27.9 Å². The van der Waals surface area contributed by atoms with Crippen molar-refractivity contribution < 1.29 is 18.0 Å². The Bertz CT molecular complexity index is 2190. The van der Waals surface area contributed by atoms with Crippen LogP contribution in [0.1, 0.15) is 38.5 Å². The Morgan fingerprint density at radius 3 is 2.35 bits per heavy atom. The molecule has 2 bridgehead atoms. The quantitative estimate of drug-likeness (QED) is 0.254. The van der Waals surface area contributed by atoms with Crippen LogP contribution in [0.2, 0.25) is 5.02 Å². The van der Waals surface area contributed by atoms with Crippen molar-refractivity contribution in [2.75, 3.05) is 72.4 Å². The first-order valence-electron chi connectivity index (χ1n) is 19.3. The summed E-state index contributed by atoms with van der Waals surface area (Å²) in [5.41, 5.74) is 3.10. The summed E-state index contributed by atoms with van der Waals surface area (Å²) in [7, 11) is -1.72. The summed E-state index contributed by atoms with van der Waals surface area (Å²) in [6, 6.07) is 14.5. The predicted molar refractivity (Wildman–Crippen MR) is 211 cm³/mol. The fourth-order valence-electron chi connectivity index (χ4n) is 9.06. The maximum atomic E-state index is 13.7. The van der Waals surface area contributed by atoms with Gasteiger partial charge in [0, 0.05) is 101 Å². The molecule has 17 heteroatoms. The van der Waals surface area contributed by atoms with Crippen LogP contribution in [0.5, 0.6) is 0 Å². The maximum absolute atomic E-state index is 13.7. The van der Waals surface area contributed by atoms with Gasteiger partial charge >= 0.3 is 6.03 Å². The van der Waals surface area contributed by atoms with Gasteiger partial charge in [-0.15, -0.1) is 0 Å². The smallest absolute Gasteiger partial charge is 0.329 e. The molecule has 290 valence electrons. The molecule has 2 aromatic carbocycles. The van der Waals surface area contributed by atoms with Gasteiger partial charge in [0.2, 0.25) is 21.9 Å². The third kappa shape index (κ3) is 7.09. The largest absolute Gasteiger partial charge is 0.371 e. The van der Waals surface area contributed by atoms with E-state index in [9.17, 15) is 18.0 Å². The summed E-state index contributed by atoms with van der Waals surface area (Å²) < 4.78 is 30.8. The van der Waals surface area contributed by atoms with Crippen LogP contribution < -0.4 is 25.3 Å². The minimum absolute atomic E-state index is 0.0969. The van der Waals surface area contributed by atoms with Gasteiger partial charge in [0.15, 0.2) is 5.82 Å². The average Bonchev–Trinajstić information content (AvgIpc) is 3.53. The number of carbonyl (C=O) groups excluding carboxylic acids is 2. The minimum atomic E-state index is -3.61. The lowest BCUT2D eigenvalue weighted by molar-refractivity contribution is -0.120. The van der Waals surface area contributed by atoms with Gasteiger partial charge in [-0.3, -0.25) is 24.6 Å². The van der Waals surface area contributed by atoms with Crippen LogP contribution in [-0.4, -0.2) is 120 Å². The van der Waals surface area contributed by atoms with E-state index in [4.69, 9.17) is 11.6 Å². The number of nitrogens with zero attached hydrogens (tertiary/aromatic N) is 9. The highest BCUT2D eigenvalue weighted by molar-refractivity contribution is 7.89. The van der Waals surface area contributed by atoms with E-state index in [1.54, 1.807) is 27.7 Å². The van der Waals surface area contributed by atoms with Crippen LogP contribution in [0.3, 0.4) is 0 Å². The molecule has 8 heterocycles. The molecule has 6 fully saturated rings. The predicted octanol–water partition coefficient (Wildman–Crippen LogP) is 3.91. The summed E-state index contributed by atoms with van der Waals surface area (Å²) in [6.07, 6.45) is 8.09. The number of aromatic nitrogens is 4. The number of imide groups is 1. The van der Waals surface area contributed by atoms with E-state index in [0.717, 1.165) is 67.8 Å². The number of carbonyl (C=O) groups is 2. The lowest BCUT2D eigenvalue weighted by Crippen LogP contribution is -2.69. The second-order valence-corrected chi connectivity index (χ2v) is 17.9. The molecule has 0 aliphatic carbocycles. The molecule has 0 spiro atoms. The van der Waals surface area contributed by atoms with Gasteiger partial charge in [0.1, 0.15) is 0 Å². The Morgan fingerprint density at radius 2 is 1.62 bits per heavy atom. The molecule has 0 saturated carbocycles. The molecular formula is C38H46ClN11O4S. The standard InChI is InChI=1S/C38H46ClN11O4S/c1-45-34-19-29(5-6-33(34)36(44-45)49-16-11-35(51)43-38(49)52)47-23-30-17-31(24-47)50(30)22-25-7-12-46(13-8-25)28-3-2-4-32(18-28)55(53,54)48-14-9-27(10-15-48)42-37-40-20-26(39)21-41-37/h2-6,18-21,25,27,30-31H,7-17,22-24H2,1H3,(H,40,41,42)(H,43,51,52). The van der Waals surface area contributed by atoms with Crippen LogP contribution >= 0.6 is 11.6 Å². The normalized spacial score (nSPS) is 23.3. The number of benzene rings is 2. The Hall–Kier alpha value is -4.51. The molecule has 4 aromatic rings. The van der Waals surface area contributed by atoms with E-state index in [1.165, 1.54) is 6.42 Å². The number of rotatable bonds is 9. The molecule has 6 saturated heterocycles. The summed E-state index contributed by atoms with van der Waals surface area (Å²) in [4.78, 5) is 42.0. The van der Waals surface area contributed by atoms with E-state index in [2.05, 4.69) is 58.6 Å². The van der Waals surface area contributed by atoms with Gasteiger partial charge in [0.05, 0.1) is 27.8 Å². The average molecular weight is 788 g/mol. The lowest BCUT2D eigenvalue weighted by Gasteiger charge is -2.58. The molecule has 0 radical (unpaired) electrons. The first-order valence-corrected chi connectivity index (χ1v) is 21.1. The van der Waals surface area contributed by atoms with E-state index in [1.807, 2.05) is 29.9 Å². The maximum Gasteiger partial charge on any atom is 0.329 e. The Labute approximate surface area is 325 Å². The number of sulfonamides is 1. The number of hydrogen-bond acceptors (Lipinski definition) is 11. The van der Waals surface area contributed by atoms with Crippen LogP contribution in [-0.2, 0) is 21.9 Å². The number of anilines is 4. The van der Waals surface area contributed by atoms with Crippen molar-refractivity contribution in [1.29, 1.82) is 0 Å². The van der Waals surface area contributed by atoms with Gasteiger partial charge in [0.25, 0.3) is 0 Å². The number of aryl methyl sites for hydroxylation is 1. The van der Waals surface area contributed by atoms with Crippen LogP contribution in [0.25, 0.3) is 10.9 Å². The number of urea groups is 1. The van der Waals surface area contributed by atoms with E-state index in [-0.39, 0.29) is 18.4 Å². The molecular weight excluding hydrogens is 742 g/mol. The van der Waals surface area contributed by atoms with Gasteiger partial charge < -0.3 is 15.1 Å². The minimum Gasteiger partial charge on any atom is -0.371 e. The molecule has 10 rings (SSSR count). The molecule has 2 atom stereocenters. The fourth-order valence-corrected chi connectivity index (χ4v) is 10.7. The molecule has 2 aromatic heterocycles. The van der Waals surface area contributed by atoms with Crippen LogP contribution in [0.15, 0.2) is 59.8 Å². The highest BCUT2D eigenvalue weighted by Gasteiger charge is 2.45. The van der Waals surface area contributed by atoms with Crippen molar-refractivity contribution in [2.24, 2.45) is 13.0 Å². The zero-order chi connectivity index (χ0) is 37.8. The second kappa shape index (κ2) is 14.5. The van der Waals surface area contributed by atoms with E-state index < -0.39 is 16.1 Å². The fraction of sp³-hybridized carbons (Fsp3) is 0.500. The van der Waals surface area contributed by atoms with E-state index in [0.29, 0.717) is 72.2 Å². The molecule has 6 aliphatic heterocycles. The van der Waals surface area contributed by atoms with Crippen molar-refractivity contribution in [3.63, 3.8) is 0 Å². The lowest BCUT2D eigenvalue weighted by atomic mass is 9.84.